The van der Waals surface area contributed by atoms with E-state index in [9.17, 15) is 9.59 Å². The van der Waals surface area contributed by atoms with Gasteiger partial charge in [-0.1, -0.05) is 24.3 Å². The lowest BCUT2D eigenvalue weighted by Crippen LogP contribution is -2.35. The third-order valence-electron chi connectivity index (χ3n) is 4.04. The summed E-state index contributed by atoms with van der Waals surface area (Å²) in [5.74, 6) is -0.204. The number of fused-ring (bicyclic) bond motifs is 1. The summed E-state index contributed by atoms with van der Waals surface area (Å²) in [6.45, 7) is 1.64. The minimum absolute atomic E-state index is 0.237. The molecule has 2 N–H and O–H groups in total. The standard InChI is InChI=1S/C19H16N4O3/c1-12-18(24)22-16-9-5-8-15(17(16)26-12)19(25)21-13-10-20-23(11-13)14-6-3-2-4-7-14/h2-12H,1H3,(H,21,25)(H,22,24)/t12-/m1/s1. The van der Waals surface area contributed by atoms with E-state index in [1.54, 1.807) is 42.2 Å². The van der Waals surface area contributed by atoms with Crippen molar-refractivity contribution < 1.29 is 14.3 Å². The van der Waals surface area contributed by atoms with Crippen LogP contribution < -0.4 is 15.4 Å². The Kier molecular flexibility index (Phi) is 3.89. The lowest BCUT2D eigenvalue weighted by Gasteiger charge is -2.24. The Balaban J connectivity index is 1.58. The molecule has 0 fully saturated rings. The monoisotopic (exact) mass is 348 g/mol. The fourth-order valence-corrected chi connectivity index (χ4v) is 2.71. The third kappa shape index (κ3) is 2.90. The van der Waals surface area contributed by atoms with Gasteiger partial charge in [0.05, 0.1) is 35.0 Å². The maximum atomic E-state index is 12.7. The highest BCUT2D eigenvalue weighted by atomic mass is 16.5. The van der Waals surface area contributed by atoms with E-state index < -0.39 is 6.10 Å². The molecular formula is C19H16N4O3. The highest BCUT2D eigenvalue weighted by Gasteiger charge is 2.27. The number of anilines is 2. The fraction of sp³-hybridized carbons (Fsp3) is 0.105. The van der Waals surface area contributed by atoms with Gasteiger partial charge in [0, 0.05) is 0 Å². The number of amides is 2. The molecule has 3 aromatic rings. The van der Waals surface area contributed by atoms with Crippen molar-refractivity contribution in [1.29, 1.82) is 0 Å². The number of benzene rings is 2. The summed E-state index contributed by atoms with van der Waals surface area (Å²) in [6.07, 6.45) is 2.65. The number of nitrogens with one attached hydrogen (secondary N) is 2. The molecule has 26 heavy (non-hydrogen) atoms. The Morgan fingerprint density at radius 1 is 1.19 bits per heavy atom. The van der Waals surface area contributed by atoms with E-state index in [4.69, 9.17) is 4.74 Å². The summed E-state index contributed by atoms with van der Waals surface area (Å²) >= 11 is 0. The predicted octanol–water partition coefficient (Wildman–Crippen LogP) is 2.84. The molecule has 0 saturated carbocycles. The van der Waals surface area contributed by atoms with Crippen LogP contribution in [0.15, 0.2) is 60.9 Å². The first-order valence-corrected chi connectivity index (χ1v) is 8.14. The first kappa shape index (κ1) is 15.9. The fourth-order valence-electron chi connectivity index (χ4n) is 2.71. The van der Waals surface area contributed by atoms with Gasteiger partial charge in [0.2, 0.25) is 0 Å². The topological polar surface area (TPSA) is 85.2 Å². The Bertz CT molecular complexity index is 981. The van der Waals surface area contributed by atoms with Crippen molar-refractivity contribution in [2.45, 2.75) is 13.0 Å². The van der Waals surface area contributed by atoms with E-state index in [2.05, 4.69) is 15.7 Å². The molecule has 2 heterocycles. The normalized spacial score (nSPS) is 15.6. The van der Waals surface area contributed by atoms with E-state index in [0.717, 1.165) is 5.69 Å². The zero-order chi connectivity index (χ0) is 18.1. The van der Waals surface area contributed by atoms with Crippen molar-refractivity contribution in [1.82, 2.24) is 9.78 Å². The summed E-state index contributed by atoms with van der Waals surface area (Å²) in [4.78, 5) is 24.4. The molecule has 1 aliphatic rings. The van der Waals surface area contributed by atoms with Gasteiger partial charge in [-0.3, -0.25) is 9.59 Å². The summed E-state index contributed by atoms with van der Waals surface area (Å²) in [7, 11) is 0. The molecule has 1 aromatic heterocycles. The summed E-state index contributed by atoms with van der Waals surface area (Å²) in [5.41, 5.74) is 2.29. The molecule has 2 aromatic carbocycles. The first-order chi connectivity index (χ1) is 12.6. The van der Waals surface area contributed by atoms with E-state index in [1.807, 2.05) is 30.3 Å². The van der Waals surface area contributed by atoms with E-state index >= 15 is 0 Å². The van der Waals surface area contributed by atoms with E-state index in [1.165, 1.54) is 0 Å². The van der Waals surface area contributed by atoms with E-state index in [0.29, 0.717) is 22.7 Å². The molecule has 0 aliphatic carbocycles. The Hall–Kier alpha value is -3.61. The minimum Gasteiger partial charge on any atom is -0.478 e. The average molecular weight is 348 g/mol. The molecule has 0 radical (unpaired) electrons. The third-order valence-corrected chi connectivity index (χ3v) is 4.04. The minimum atomic E-state index is -0.655. The molecule has 0 bridgehead atoms. The molecule has 2 amide bonds. The number of nitrogens with zero attached hydrogens (tertiary/aromatic N) is 2. The molecule has 1 aliphatic heterocycles. The van der Waals surface area contributed by atoms with E-state index in [-0.39, 0.29) is 11.8 Å². The summed E-state index contributed by atoms with van der Waals surface area (Å²) < 4.78 is 7.29. The van der Waals surface area contributed by atoms with Crippen LogP contribution in [0.3, 0.4) is 0 Å². The number of rotatable bonds is 3. The maximum absolute atomic E-state index is 12.7. The van der Waals surface area contributed by atoms with Gasteiger partial charge < -0.3 is 15.4 Å². The van der Waals surface area contributed by atoms with Gasteiger partial charge in [0.25, 0.3) is 11.8 Å². The van der Waals surface area contributed by atoms with Gasteiger partial charge in [-0.15, -0.1) is 0 Å². The quantitative estimate of drug-likeness (QED) is 0.762. The van der Waals surface area contributed by atoms with Crippen LogP contribution in [0, 0.1) is 0 Å². The maximum Gasteiger partial charge on any atom is 0.265 e. The van der Waals surface area contributed by atoms with Crippen LogP contribution in [0.4, 0.5) is 11.4 Å². The zero-order valence-electron chi connectivity index (χ0n) is 14.0. The first-order valence-electron chi connectivity index (χ1n) is 8.14. The molecule has 0 saturated heterocycles. The van der Waals surface area contributed by atoms with Crippen LogP contribution in [0.5, 0.6) is 5.75 Å². The van der Waals surface area contributed by atoms with Gasteiger partial charge in [0.1, 0.15) is 0 Å². The van der Waals surface area contributed by atoms with Gasteiger partial charge >= 0.3 is 0 Å². The largest absolute Gasteiger partial charge is 0.478 e. The zero-order valence-corrected chi connectivity index (χ0v) is 14.0. The number of para-hydroxylation sites is 2. The van der Waals surface area contributed by atoms with Gasteiger partial charge in [-0.05, 0) is 31.2 Å². The Morgan fingerprint density at radius 2 is 2.00 bits per heavy atom. The van der Waals surface area contributed by atoms with Crippen LogP contribution in [0.1, 0.15) is 17.3 Å². The van der Waals surface area contributed by atoms with Crippen LogP contribution in [0.2, 0.25) is 0 Å². The number of hydrogen-bond acceptors (Lipinski definition) is 4. The predicted molar refractivity (Wildman–Crippen MR) is 96.7 cm³/mol. The molecule has 7 heteroatoms. The van der Waals surface area contributed by atoms with Crippen molar-refractivity contribution in [2.24, 2.45) is 0 Å². The van der Waals surface area contributed by atoms with Crippen molar-refractivity contribution in [3.8, 4) is 11.4 Å². The van der Waals surface area contributed by atoms with Crippen molar-refractivity contribution in [3.63, 3.8) is 0 Å². The second-order valence-corrected chi connectivity index (χ2v) is 5.89. The second kappa shape index (κ2) is 6.36. The summed E-state index contributed by atoms with van der Waals surface area (Å²) in [6, 6.07) is 14.6. The molecule has 0 unspecified atom stereocenters. The number of aromatic nitrogens is 2. The smallest absolute Gasteiger partial charge is 0.265 e. The van der Waals surface area contributed by atoms with Gasteiger partial charge in [-0.2, -0.15) is 5.10 Å². The number of hydrogen-bond donors (Lipinski definition) is 2. The van der Waals surface area contributed by atoms with Gasteiger partial charge in [0.15, 0.2) is 11.9 Å². The van der Waals surface area contributed by atoms with Crippen molar-refractivity contribution in [2.75, 3.05) is 10.6 Å². The van der Waals surface area contributed by atoms with Crippen LogP contribution >= 0.6 is 0 Å². The number of ether oxygens (including phenoxy) is 1. The van der Waals surface area contributed by atoms with Crippen LogP contribution in [-0.4, -0.2) is 27.7 Å². The lowest BCUT2D eigenvalue weighted by molar-refractivity contribution is -0.122. The highest BCUT2D eigenvalue weighted by Crippen LogP contribution is 2.33. The van der Waals surface area contributed by atoms with Crippen molar-refractivity contribution >= 4 is 23.2 Å². The van der Waals surface area contributed by atoms with Crippen molar-refractivity contribution in [3.05, 3.63) is 66.5 Å². The molecule has 130 valence electrons. The molecule has 0 spiro atoms. The molecule has 4 rings (SSSR count). The Morgan fingerprint density at radius 3 is 2.81 bits per heavy atom. The molecular weight excluding hydrogens is 332 g/mol. The van der Waals surface area contributed by atoms with Crippen LogP contribution in [-0.2, 0) is 4.79 Å². The Labute approximate surface area is 149 Å². The highest BCUT2D eigenvalue weighted by molar-refractivity contribution is 6.09. The second-order valence-electron chi connectivity index (χ2n) is 5.89. The average Bonchev–Trinajstić information content (AvgIpc) is 3.11. The lowest BCUT2D eigenvalue weighted by atomic mass is 10.1. The SMILES string of the molecule is C[C@H]1Oc2c(cccc2C(=O)Nc2cnn(-c3ccccc3)c2)NC1=O. The molecule has 7 nitrogen and oxygen atoms in total. The van der Waals surface area contributed by atoms with Gasteiger partial charge in [-0.25, -0.2) is 4.68 Å². The molecule has 1 atom stereocenters. The van der Waals surface area contributed by atoms with Crippen LogP contribution in [0.25, 0.3) is 5.69 Å². The number of carbonyl (C=O) groups is 2. The number of carbonyl (C=O) groups excluding carboxylic acids is 2. The summed E-state index contributed by atoms with van der Waals surface area (Å²) in [5, 5.41) is 9.80.